The highest BCUT2D eigenvalue weighted by Gasteiger charge is 2.19. The van der Waals surface area contributed by atoms with Gasteiger partial charge in [0.05, 0.1) is 12.3 Å². The summed E-state index contributed by atoms with van der Waals surface area (Å²) < 4.78 is 9.62. The fourth-order valence-corrected chi connectivity index (χ4v) is 1.84. The lowest BCUT2D eigenvalue weighted by atomic mass is 10.1. The lowest BCUT2D eigenvalue weighted by Crippen LogP contribution is -2.29. The van der Waals surface area contributed by atoms with Gasteiger partial charge in [0.15, 0.2) is 0 Å². The van der Waals surface area contributed by atoms with Crippen LogP contribution < -0.4 is 5.32 Å². The van der Waals surface area contributed by atoms with Gasteiger partial charge in [-0.2, -0.15) is 0 Å². The molecule has 118 valence electrons. The molecule has 3 N–H and O–H groups in total. The van der Waals surface area contributed by atoms with Crippen molar-refractivity contribution in [1.29, 1.82) is 0 Å². The number of carbonyl (C=O) groups is 1. The largest absolute Gasteiger partial charge is 0.445 e. The van der Waals surface area contributed by atoms with Crippen LogP contribution in [0.1, 0.15) is 23.7 Å². The molecule has 2 rings (SSSR count). The Balaban J connectivity index is 1.64. The van der Waals surface area contributed by atoms with Crippen molar-refractivity contribution in [3.63, 3.8) is 0 Å². The highest BCUT2D eigenvalue weighted by atomic mass is 16.5. The van der Waals surface area contributed by atoms with Crippen molar-refractivity contribution < 1.29 is 24.3 Å². The van der Waals surface area contributed by atoms with Crippen LogP contribution in [0, 0.1) is 0 Å². The third kappa shape index (κ3) is 4.87. The summed E-state index contributed by atoms with van der Waals surface area (Å²) in [6.45, 7) is 0.357. The summed E-state index contributed by atoms with van der Waals surface area (Å²) in [5.74, 6) is 0. The minimum absolute atomic E-state index is 0.173. The number of alkyl carbamates (subject to hydrolysis) is 1. The Bertz CT molecular complexity index is 559. The van der Waals surface area contributed by atoms with E-state index in [1.54, 1.807) is 0 Å². The van der Waals surface area contributed by atoms with E-state index in [-0.39, 0.29) is 19.6 Å². The van der Waals surface area contributed by atoms with E-state index >= 15 is 0 Å². The molecule has 1 aromatic carbocycles. The van der Waals surface area contributed by atoms with Crippen molar-refractivity contribution in [2.75, 3.05) is 6.54 Å². The molecule has 0 spiro atoms. The van der Waals surface area contributed by atoms with Crippen molar-refractivity contribution >= 4 is 6.09 Å². The van der Waals surface area contributed by atoms with E-state index in [9.17, 15) is 15.0 Å². The highest BCUT2D eigenvalue weighted by molar-refractivity contribution is 5.67. The van der Waals surface area contributed by atoms with Gasteiger partial charge in [-0.25, -0.2) is 4.79 Å². The minimum Gasteiger partial charge on any atom is -0.445 e. The smallest absolute Gasteiger partial charge is 0.407 e. The maximum absolute atomic E-state index is 11.5. The van der Waals surface area contributed by atoms with Gasteiger partial charge in [0, 0.05) is 12.1 Å². The van der Waals surface area contributed by atoms with Gasteiger partial charge in [-0.3, -0.25) is 0 Å². The first-order valence-corrected chi connectivity index (χ1v) is 6.87. The molecule has 2 atom stereocenters. The predicted molar refractivity (Wildman–Crippen MR) is 76.7 cm³/mol. The molecule has 0 aliphatic heterocycles. The van der Waals surface area contributed by atoms with Gasteiger partial charge < -0.3 is 24.8 Å². The zero-order valence-corrected chi connectivity index (χ0v) is 11.9. The van der Waals surface area contributed by atoms with Crippen LogP contribution in [0.3, 0.4) is 0 Å². The SMILES string of the molecule is O=C(NCCC(O)C(O)c1cnoc1)OCc1ccccc1. The Morgan fingerprint density at radius 1 is 1.32 bits per heavy atom. The van der Waals surface area contributed by atoms with Gasteiger partial charge >= 0.3 is 6.09 Å². The number of amides is 1. The zero-order valence-electron chi connectivity index (χ0n) is 11.9. The fraction of sp³-hybridized carbons (Fsp3) is 0.333. The molecule has 0 aliphatic carbocycles. The molecule has 1 heterocycles. The van der Waals surface area contributed by atoms with Crippen molar-refractivity contribution in [2.24, 2.45) is 0 Å². The second-order valence-corrected chi connectivity index (χ2v) is 4.75. The monoisotopic (exact) mass is 306 g/mol. The molecule has 0 fully saturated rings. The van der Waals surface area contributed by atoms with E-state index in [4.69, 9.17) is 4.74 Å². The number of hydrogen-bond donors (Lipinski definition) is 3. The summed E-state index contributed by atoms with van der Waals surface area (Å²) in [5, 5.41) is 25.6. The second-order valence-electron chi connectivity index (χ2n) is 4.75. The molecule has 0 bridgehead atoms. The molecule has 2 unspecified atom stereocenters. The predicted octanol–water partition coefficient (Wildman–Crippen LogP) is 1.39. The average molecular weight is 306 g/mol. The molecular weight excluding hydrogens is 288 g/mol. The van der Waals surface area contributed by atoms with Crippen LogP contribution in [0.5, 0.6) is 0 Å². The van der Waals surface area contributed by atoms with Crippen molar-refractivity contribution in [2.45, 2.75) is 25.2 Å². The number of nitrogens with zero attached hydrogens (tertiary/aromatic N) is 1. The van der Waals surface area contributed by atoms with Gasteiger partial charge in [-0.1, -0.05) is 35.5 Å². The van der Waals surface area contributed by atoms with E-state index in [2.05, 4.69) is 15.0 Å². The van der Waals surface area contributed by atoms with Crippen LogP contribution in [0.2, 0.25) is 0 Å². The van der Waals surface area contributed by atoms with E-state index < -0.39 is 18.3 Å². The Morgan fingerprint density at radius 2 is 2.09 bits per heavy atom. The van der Waals surface area contributed by atoms with E-state index in [0.717, 1.165) is 5.56 Å². The van der Waals surface area contributed by atoms with Crippen LogP contribution in [0.25, 0.3) is 0 Å². The molecule has 0 radical (unpaired) electrons. The maximum Gasteiger partial charge on any atom is 0.407 e. The van der Waals surface area contributed by atoms with Crippen LogP contribution in [-0.2, 0) is 11.3 Å². The standard InChI is InChI=1S/C15H18N2O5/c18-13(14(19)12-8-17-22-10-12)6-7-16-15(20)21-9-11-4-2-1-3-5-11/h1-5,8,10,13-14,18-19H,6-7,9H2,(H,16,20). The summed E-state index contributed by atoms with van der Waals surface area (Å²) in [5.41, 5.74) is 1.28. The Kier molecular flexibility index (Phi) is 5.93. The maximum atomic E-state index is 11.5. The first-order chi connectivity index (χ1) is 10.7. The summed E-state index contributed by atoms with van der Waals surface area (Å²) in [6, 6.07) is 9.31. The average Bonchev–Trinajstić information content (AvgIpc) is 3.07. The number of hydrogen-bond acceptors (Lipinski definition) is 6. The number of nitrogens with one attached hydrogen (secondary N) is 1. The third-order valence-electron chi connectivity index (χ3n) is 3.08. The molecule has 7 nitrogen and oxygen atoms in total. The fourth-order valence-electron chi connectivity index (χ4n) is 1.84. The zero-order chi connectivity index (χ0) is 15.8. The number of benzene rings is 1. The highest BCUT2D eigenvalue weighted by Crippen LogP contribution is 2.17. The van der Waals surface area contributed by atoms with Crippen LogP contribution in [0.4, 0.5) is 4.79 Å². The summed E-state index contributed by atoms with van der Waals surface area (Å²) >= 11 is 0. The second kappa shape index (κ2) is 8.16. The van der Waals surface area contributed by atoms with Crippen molar-refractivity contribution in [1.82, 2.24) is 10.5 Å². The van der Waals surface area contributed by atoms with Gasteiger partial charge in [0.2, 0.25) is 0 Å². The first-order valence-electron chi connectivity index (χ1n) is 6.87. The Morgan fingerprint density at radius 3 is 2.77 bits per heavy atom. The molecule has 0 aliphatic rings. The quantitative estimate of drug-likeness (QED) is 0.714. The number of ether oxygens (including phenoxy) is 1. The number of aromatic nitrogens is 1. The number of aliphatic hydroxyl groups excluding tert-OH is 2. The lowest BCUT2D eigenvalue weighted by Gasteiger charge is -2.16. The van der Waals surface area contributed by atoms with E-state index in [0.29, 0.717) is 5.56 Å². The Hall–Kier alpha value is -2.38. The molecule has 7 heteroatoms. The summed E-state index contributed by atoms with van der Waals surface area (Å²) in [4.78, 5) is 11.5. The van der Waals surface area contributed by atoms with Gasteiger partial charge in [0.1, 0.15) is 19.0 Å². The van der Waals surface area contributed by atoms with Gasteiger partial charge in [0.25, 0.3) is 0 Å². The van der Waals surface area contributed by atoms with Crippen LogP contribution in [0.15, 0.2) is 47.3 Å². The van der Waals surface area contributed by atoms with Gasteiger partial charge in [-0.15, -0.1) is 0 Å². The lowest BCUT2D eigenvalue weighted by molar-refractivity contribution is 0.0133. The summed E-state index contributed by atoms with van der Waals surface area (Å²) in [7, 11) is 0. The molecule has 1 amide bonds. The first kappa shape index (κ1) is 16.0. The van der Waals surface area contributed by atoms with Crippen molar-refractivity contribution in [3.05, 3.63) is 53.9 Å². The third-order valence-corrected chi connectivity index (χ3v) is 3.08. The summed E-state index contributed by atoms with van der Waals surface area (Å²) in [6.07, 6.45) is 0.0511. The normalized spacial score (nSPS) is 13.4. The molecule has 0 saturated heterocycles. The van der Waals surface area contributed by atoms with Crippen LogP contribution in [-0.4, -0.2) is 34.1 Å². The number of aliphatic hydroxyl groups is 2. The van der Waals surface area contributed by atoms with E-state index in [1.807, 2.05) is 30.3 Å². The Labute approximate surface area is 127 Å². The van der Waals surface area contributed by atoms with Crippen LogP contribution >= 0.6 is 0 Å². The molecular formula is C15H18N2O5. The van der Waals surface area contributed by atoms with E-state index in [1.165, 1.54) is 12.5 Å². The molecule has 2 aromatic rings. The van der Waals surface area contributed by atoms with Crippen molar-refractivity contribution in [3.8, 4) is 0 Å². The molecule has 1 aromatic heterocycles. The number of carbonyl (C=O) groups excluding carboxylic acids is 1. The topological polar surface area (TPSA) is 105 Å². The minimum atomic E-state index is -1.10. The molecule has 0 saturated carbocycles. The number of rotatable bonds is 7. The molecule has 22 heavy (non-hydrogen) atoms. The van der Waals surface area contributed by atoms with Gasteiger partial charge in [-0.05, 0) is 12.0 Å².